The van der Waals surface area contributed by atoms with Gasteiger partial charge in [0.05, 0.1) is 0 Å². The van der Waals surface area contributed by atoms with Crippen LogP contribution >= 0.6 is 0 Å². The van der Waals surface area contributed by atoms with Crippen LogP contribution in [0.3, 0.4) is 0 Å². The van der Waals surface area contributed by atoms with Gasteiger partial charge < -0.3 is 10.6 Å². The van der Waals surface area contributed by atoms with Gasteiger partial charge in [0.2, 0.25) is 0 Å². The molecule has 2 N–H and O–H groups in total. The van der Waals surface area contributed by atoms with Crippen molar-refractivity contribution < 1.29 is 0 Å². The number of allylic oxidation sites excluding steroid dienone is 2. The lowest BCUT2D eigenvalue weighted by atomic mass is 10.0. The first-order chi connectivity index (χ1) is 9.81. The monoisotopic (exact) mass is 269 g/mol. The first-order valence-corrected chi connectivity index (χ1v) is 7.44. The minimum Gasteiger partial charge on any atom is -0.387 e. The molecule has 0 unspecified atom stereocenters. The summed E-state index contributed by atoms with van der Waals surface area (Å²) < 4.78 is 0. The van der Waals surface area contributed by atoms with Gasteiger partial charge in [-0.05, 0) is 23.6 Å². The molecule has 2 heterocycles. The third kappa shape index (κ3) is 3.30. The van der Waals surface area contributed by atoms with Crippen LogP contribution in [0.25, 0.3) is 5.57 Å². The van der Waals surface area contributed by atoms with Gasteiger partial charge in [0, 0.05) is 45.5 Å². The van der Waals surface area contributed by atoms with Gasteiger partial charge in [0.25, 0.3) is 0 Å². The third-order valence-corrected chi connectivity index (χ3v) is 3.94. The maximum atomic E-state index is 3.39. The Labute approximate surface area is 121 Å². The quantitative estimate of drug-likeness (QED) is 0.878. The Hall–Kier alpha value is -1.58. The van der Waals surface area contributed by atoms with Crippen molar-refractivity contribution in [2.45, 2.75) is 13.5 Å². The zero-order valence-electron chi connectivity index (χ0n) is 12.2. The number of piperazine rings is 1. The number of nitrogens with zero attached hydrogens (tertiary/aromatic N) is 1. The molecule has 106 valence electrons. The molecular weight excluding hydrogens is 246 g/mol. The SMILES string of the molecule is CC1=CC(c2ccc(CN3CCNCC3)cc2)=CNC1. The summed E-state index contributed by atoms with van der Waals surface area (Å²) in [5, 5.41) is 6.71. The Kier molecular flexibility index (Phi) is 4.19. The molecule has 0 aliphatic carbocycles. The van der Waals surface area contributed by atoms with E-state index in [2.05, 4.69) is 59.0 Å². The zero-order valence-corrected chi connectivity index (χ0v) is 12.2. The highest BCUT2D eigenvalue weighted by atomic mass is 15.2. The molecule has 1 saturated heterocycles. The van der Waals surface area contributed by atoms with E-state index >= 15 is 0 Å². The van der Waals surface area contributed by atoms with Gasteiger partial charge in [-0.25, -0.2) is 0 Å². The predicted octanol–water partition coefficient (Wildman–Crippen LogP) is 1.98. The third-order valence-electron chi connectivity index (χ3n) is 3.94. The van der Waals surface area contributed by atoms with E-state index in [0.29, 0.717) is 0 Å². The molecule has 2 aliphatic rings. The summed E-state index contributed by atoms with van der Waals surface area (Å²) in [5.74, 6) is 0. The van der Waals surface area contributed by atoms with E-state index in [1.807, 2.05) is 0 Å². The van der Waals surface area contributed by atoms with E-state index < -0.39 is 0 Å². The number of dihydropyridines is 1. The van der Waals surface area contributed by atoms with Crippen LogP contribution in [0.4, 0.5) is 0 Å². The van der Waals surface area contributed by atoms with Gasteiger partial charge in [-0.15, -0.1) is 0 Å². The molecule has 1 fully saturated rings. The average molecular weight is 269 g/mol. The Balaban J connectivity index is 1.66. The molecule has 0 saturated carbocycles. The van der Waals surface area contributed by atoms with Gasteiger partial charge in [0.15, 0.2) is 0 Å². The maximum Gasteiger partial charge on any atom is 0.0355 e. The second-order valence-electron chi connectivity index (χ2n) is 5.69. The highest BCUT2D eigenvalue weighted by molar-refractivity contribution is 5.75. The molecule has 3 heteroatoms. The lowest BCUT2D eigenvalue weighted by Gasteiger charge is -2.27. The van der Waals surface area contributed by atoms with E-state index in [1.165, 1.54) is 22.3 Å². The van der Waals surface area contributed by atoms with Crippen molar-refractivity contribution >= 4 is 5.57 Å². The van der Waals surface area contributed by atoms with Gasteiger partial charge in [0.1, 0.15) is 0 Å². The Morgan fingerprint density at radius 1 is 1.10 bits per heavy atom. The van der Waals surface area contributed by atoms with Crippen molar-refractivity contribution in [1.82, 2.24) is 15.5 Å². The summed E-state index contributed by atoms with van der Waals surface area (Å²) in [5.41, 5.74) is 5.36. The molecule has 0 aromatic heterocycles. The molecule has 3 rings (SSSR count). The number of nitrogens with one attached hydrogen (secondary N) is 2. The average Bonchev–Trinajstić information content (AvgIpc) is 2.49. The van der Waals surface area contributed by atoms with Crippen LogP contribution in [0.15, 0.2) is 42.1 Å². The number of hydrogen-bond donors (Lipinski definition) is 2. The number of hydrogen-bond acceptors (Lipinski definition) is 3. The molecular formula is C17H23N3. The van der Waals surface area contributed by atoms with Crippen molar-refractivity contribution in [1.29, 1.82) is 0 Å². The summed E-state index contributed by atoms with van der Waals surface area (Å²) in [7, 11) is 0. The van der Waals surface area contributed by atoms with Crippen molar-refractivity contribution in [3.8, 4) is 0 Å². The summed E-state index contributed by atoms with van der Waals surface area (Å²) in [4.78, 5) is 2.51. The molecule has 0 amide bonds. The van der Waals surface area contributed by atoms with E-state index in [-0.39, 0.29) is 0 Å². The van der Waals surface area contributed by atoms with Crippen LogP contribution < -0.4 is 10.6 Å². The molecule has 0 bridgehead atoms. The van der Waals surface area contributed by atoms with Gasteiger partial charge in [-0.3, -0.25) is 4.90 Å². The fourth-order valence-electron chi connectivity index (χ4n) is 2.78. The van der Waals surface area contributed by atoms with E-state index in [1.54, 1.807) is 0 Å². The van der Waals surface area contributed by atoms with Gasteiger partial charge in [-0.2, -0.15) is 0 Å². The lowest BCUT2D eigenvalue weighted by molar-refractivity contribution is 0.233. The highest BCUT2D eigenvalue weighted by Gasteiger charge is 2.10. The fourth-order valence-corrected chi connectivity index (χ4v) is 2.78. The second kappa shape index (κ2) is 6.25. The lowest BCUT2D eigenvalue weighted by Crippen LogP contribution is -2.42. The van der Waals surface area contributed by atoms with E-state index in [4.69, 9.17) is 0 Å². The molecule has 3 nitrogen and oxygen atoms in total. The second-order valence-corrected chi connectivity index (χ2v) is 5.69. The first kappa shape index (κ1) is 13.4. The van der Waals surface area contributed by atoms with Gasteiger partial charge >= 0.3 is 0 Å². The highest BCUT2D eigenvalue weighted by Crippen LogP contribution is 2.20. The van der Waals surface area contributed by atoms with E-state index in [0.717, 1.165) is 39.3 Å². The van der Waals surface area contributed by atoms with Crippen molar-refractivity contribution in [2.75, 3.05) is 32.7 Å². The number of benzene rings is 1. The summed E-state index contributed by atoms with van der Waals surface area (Å²) in [6.45, 7) is 8.72. The fraction of sp³-hybridized carbons (Fsp3) is 0.412. The largest absolute Gasteiger partial charge is 0.387 e. The molecule has 0 spiro atoms. The first-order valence-electron chi connectivity index (χ1n) is 7.44. The summed E-state index contributed by atoms with van der Waals surface area (Å²) >= 11 is 0. The molecule has 0 radical (unpaired) electrons. The van der Waals surface area contributed by atoms with Crippen LogP contribution in [0.5, 0.6) is 0 Å². The molecule has 2 aliphatic heterocycles. The zero-order chi connectivity index (χ0) is 13.8. The topological polar surface area (TPSA) is 27.3 Å². The van der Waals surface area contributed by atoms with Crippen molar-refractivity contribution in [2.24, 2.45) is 0 Å². The van der Waals surface area contributed by atoms with E-state index in [9.17, 15) is 0 Å². The molecule has 20 heavy (non-hydrogen) atoms. The minimum atomic E-state index is 0.963. The van der Waals surface area contributed by atoms with Crippen molar-refractivity contribution in [3.63, 3.8) is 0 Å². The summed E-state index contributed by atoms with van der Waals surface area (Å²) in [6.07, 6.45) is 4.38. The van der Waals surface area contributed by atoms with Crippen molar-refractivity contribution in [3.05, 3.63) is 53.2 Å². The normalized spacial score (nSPS) is 20.1. The summed E-state index contributed by atoms with van der Waals surface area (Å²) in [6, 6.07) is 8.99. The smallest absolute Gasteiger partial charge is 0.0355 e. The predicted molar refractivity (Wildman–Crippen MR) is 84.3 cm³/mol. The molecule has 0 atom stereocenters. The van der Waals surface area contributed by atoms with Crippen LogP contribution in [0.1, 0.15) is 18.1 Å². The van der Waals surface area contributed by atoms with Crippen LogP contribution in [-0.4, -0.2) is 37.6 Å². The Morgan fingerprint density at radius 3 is 2.55 bits per heavy atom. The molecule has 1 aromatic carbocycles. The minimum absolute atomic E-state index is 0.963. The molecule has 1 aromatic rings. The Morgan fingerprint density at radius 2 is 1.85 bits per heavy atom. The standard InChI is InChI=1S/C17H23N3/c1-14-10-17(12-19-11-14)16-4-2-15(3-5-16)13-20-8-6-18-7-9-20/h2-5,10,12,18-19H,6-9,11,13H2,1H3. The van der Waals surface area contributed by atoms with Crippen LogP contribution in [-0.2, 0) is 6.54 Å². The van der Waals surface area contributed by atoms with Gasteiger partial charge in [-0.1, -0.05) is 35.9 Å². The maximum absolute atomic E-state index is 3.39. The number of rotatable bonds is 3. The van der Waals surface area contributed by atoms with Crippen LogP contribution in [0, 0.1) is 0 Å². The van der Waals surface area contributed by atoms with Crippen LogP contribution in [0.2, 0.25) is 0 Å². The Bertz CT molecular complexity index is 508.